The predicted molar refractivity (Wildman–Crippen MR) is 86.4 cm³/mol. The number of nitrogens with one attached hydrogen (secondary N) is 1. The summed E-state index contributed by atoms with van der Waals surface area (Å²) in [5.74, 6) is 0. The van der Waals surface area contributed by atoms with Crippen LogP contribution in [0.4, 0.5) is 0 Å². The molecule has 0 aromatic heterocycles. The van der Waals surface area contributed by atoms with Crippen LogP contribution in [0.3, 0.4) is 0 Å². The first kappa shape index (κ1) is 16.3. The lowest BCUT2D eigenvalue weighted by molar-refractivity contribution is 0.579. The van der Waals surface area contributed by atoms with Gasteiger partial charge in [-0.05, 0) is 54.8 Å². The Morgan fingerprint density at radius 2 is 1.38 bits per heavy atom. The number of aryl methyl sites for hydroxylation is 1. The molecule has 0 bridgehead atoms. The minimum atomic E-state index is -3.47. The second-order valence-corrected chi connectivity index (χ2v) is 7.22. The zero-order valence-corrected chi connectivity index (χ0v) is 13.5. The van der Waals surface area contributed by atoms with Crippen molar-refractivity contribution in [1.82, 2.24) is 4.72 Å². The highest BCUT2D eigenvalue weighted by molar-refractivity contribution is 7.89. The van der Waals surface area contributed by atoms with Crippen LogP contribution < -0.4 is 4.72 Å². The molecule has 0 fully saturated rings. The minimum Gasteiger partial charge on any atom is -0.211 e. The molecule has 0 heterocycles. The quantitative estimate of drug-likeness (QED) is 0.808. The second kappa shape index (κ2) is 7.27. The van der Waals surface area contributed by atoms with Gasteiger partial charge in [0.25, 0.3) is 0 Å². The first-order chi connectivity index (χ1) is 9.97. The Hall–Kier alpha value is -1.07. The van der Waals surface area contributed by atoms with Gasteiger partial charge in [-0.25, -0.2) is 13.1 Å². The fraction of sp³-hybridized carbons (Fsp3) is 0.200. The number of rotatable bonds is 6. The highest BCUT2D eigenvalue weighted by Crippen LogP contribution is 2.14. The monoisotopic (exact) mass is 343 g/mol. The Bertz CT molecular complexity index is 683. The topological polar surface area (TPSA) is 46.2 Å². The average molecular weight is 344 g/mol. The molecule has 1 N–H and O–H groups in total. The van der Waals surface area contributed by atoms with Gasteiger partial charge in [-0.15, -0.1) is 0 Å². The lowest BCUT2D eigenvalue weighted by Gasteiger charge is -2.07. The van der Waals surface area contributed by atoms with Crippen molar-refractivity contribution >= 4 is 33.2 Å². The average Bonchev–Trinajstić information content (AvgIpc) is 2.46. The zero-order chi connectivity index (χ0) is 15.3. The molecule has 0 aliphatic rings. The molecular weight excluding hydrogens is 329 g/mol. The maximum absolute atomic E-state index is 12.0. The number of sulfonamides is 1. The van der Waals surface area contributed by atoms with Gasteiger partial charge in [0.1, 0.15) is 0 Å². The largest absolute Gasteiger partial charge is 0.240 e. The van der Waals surface area contributed by atoms with E-state index in [1.165, 1.54) is 12.1 Å². The summed E-state index contributed by atoms with van der Waals surface area (Å²) in [6.07, 6.45) is 1.51. The summed E-state index contributed by atoms with van der Waals surface area (Å²) in [5.41, 5.74) is 1.13. The van der Waals surface area contributed by atoms with Crippen molar-refractivity contribution in [3.63, 3.8) is 0 Å². The molecule has 0 radical (unpaired) electrons. The first-order valence-electron chi connectivity index (χ1n) is 6.47. The van der Waals surface area contributed by atoms with Gasteiger partial charge in [0.15, 0.2) is 0 Å². The van der Waals surface area contributed by atoms with E-state index in [1.54, 1.807) is 12.1 Å². The summed E-state index contributed by atoms with van der Waals surface area (Å²) >= 11 is 11.6. The Morgan fingerprint density at radius 3 is 1.95 bits per heavy atom. The van der Waals surface area contributed by atoms with Crippen LogP contribution in [0.25, 0.3) is 0 Å². The number of halogens is 2. The van der Waals surface area contributed by atoms with Crippen molar-refractivity contribution in [2.45, 2.75) is 17.7 Å². The molecule has 3 nitrogen and oxygen atoms in total. The summed E-state index contributed by atoms with van der Waals surface area (Å²) in [6, 6.07) is 13.6. The third-order valence-corrected chi connectivity index (χ3v) is 4.95. The molecule has 2 aromatic carbocycles. The molecule has 0 spiro atoms. The van der Waals surface area contributed by atoms with Crippen LogP contribution in [0.2, 0.25) is 10.0 Å². The Balaban J connectivity index is 1.85. The maximum atomic E-state index is 12.0. The van der Waals surface area contributed by atoms with Crippen molar-refractivity contribution < 1.29 is 8.42 Å². The number of benzene rings is 2. The van der Waals surface area contributed by atoms with E-state index in [0.29, 0.717) is 23.0 Å². The van der Waals surface area contributed by atoms with Crippen LogP contribution >= 0.6 is 23.2 Å². The number of hydrogen-bond donors (Lipinski definition) is 1. The van der Waals surface area contributed by atoms with E-state index in [9.17, 15) is 8.42 Å². The van der Waals surface area contributed by atoms with Crippen LogP contribution in [0.15, 0.2) is 53.4 Å². The van der Waals surface area contributed by atoms with Gasteiger partial charge in [0.05, 0.1) is 4.90 Å². The lowest BCUT2D eigenvalue weighted by Crippen LogP contribution is -2.25. The van der Waals surface area contributed by atoms with E-state index < -0.39 is 10.0 Å². The van der Waals surface area contributed by atoms with E-state index in [2.05, 4.69) is 4.72 Å². The molecule has 6 heteroatoms. The van der Waals surface area contributed by atoms with Crippen LogP contribution in [-0.2, 0) is 16.4 Å². The molecule has 112 valence electrons. The summed E-state index contributed by atoms with van der Waals surface area (Å²) in [6.45, 7) is 0.383. The van der Waals surface area contributed by atoms with E-state index in [-0.39, 0.29) is 4.90 Å². The zero-order valence-electron chi connectivity index (χ0n) is 11.2. The Labute approximate surface area is 135 Å². The molecule has 0 aliphatic carbocycles. The Morgan fingerprint density at radius 1 is 0.857 bits per heavy atom. The smallest absolute Gasteiger partial charge is 0.211 e. The first-order valence-corrected chi connectivity index (χ1v) is 8.71. The molecule has 21 heavy (non-hydrogen) atoms. The third-order valence-electron chi connectivity index (χ3n) is 2.97. The molecule has 0 amide bonds. The minimum absolute atomic E-state index is 0.221. The van der Waals surface area contributed by atoms with Crippen molar-refractivity contribution in [3.8, 4) is 0 Å². The van der Waals surface area contributed by atoms with Gasteiger partial charge in [0, 0.05) is 16.6 Å². The SMILES string of the molecule is O=S(=O)(NCCCc1ccc(Cl)cc1)c1ccc(Cl)cc1. The molecule has 2 rings (SSSR count). The van der Waals surface area contributed by atoms with Crippen molar-refractivity contribution in [2.24, 2.45) is 0 Å². The summed E-state index contributed by atoms with van der Waals surface area (Å²) in [5, 5.41) is 1.21. The highest BCUT2D eigenvalue weighted by atomic mass is 35.5. The molecule has 0 unspecified atom stereocenters. The van der Waals surface area contributed by atoms with E-state index >= 15 is 0 Å². The standard InChI is InChI=1S/C15H15Cl2NO2S/c16-13-5-3-12(4-6-13)2-1-11-18-21(19,20)15-9-7-14(17)8-10-15/h3-10,18H,1-2,11H2. The molecule has 0 atom stereocenters. The summed E-state index contributed by atoms with van der Waals surface area (Å²) < 4.78 is 26.6. The highest BCUT2D eigenvalue weighted by Gasteiger charge is 2.12. The normalized spacial score (nSPS) is 11.5. The van der Waals surface area contributed by atoms with Gasteiger partial charge in [0.2, 0.25) is 10.0 Å². The van der Waals surface area contributed by atoms with Gasteiger partial charge < -0.3 is 0 Å². The summed E-state index contributed by atoms with van der Waals surface area (Å²) in [7, 11) is -3.47. The van der Waals surface area contributed by atoms with Gasteiger partial charge in [-0.1, -0.05) is 35.3 Å². The Kier molecular flexibility index (Phi) is 5.65. The van der Waals surface area contributed by atoms with Crippen LogP contribution in [0, 0.1) is 0 Å². The van der Waals surface area contributed by atoms with Crippen LogP contribution in [0.5, 0.6) is 0 Å². The van der Waals surface area contributed by atoms with E-state index in [1.807, 2.05) is 24.3 Å². The predicted octanol–water partition coefficient (Wildman–Crippen LogP) is 3.90. The number of hydrogen-bond acceptors (Lipinski definition) is 2. The van der Waals surface area contributed by atoms with E-state index in [0.717, 1.165) is 12.0 Å². The van der Waals surface area contributed by atoms with Crippen molar-refractivity contribution in [1.29, 1.82) is 0 Å². The summed E-state index contributed by atoms with van der Waals surface area (Å²) in [4.78, 5) is 0.221. The molecule has 0 saturated heterocycles. The molecular formula is C15H15Cl2NO2S. The molecule has 0 aliphatic heterocycles. The van der Waals surface area contributed by atoms with E-state index in [4.69, 9.17) is 23.2 Å². The van der Waals surface area contributed by atoms with Crippen molar-refractivity contribution in [3.05, 3.63) is 64.1 Å². The lowest BCUT2D eigenvalue weighted by atomic mass is 10.1. The molecule has 0 saturated carbocycles. The van der Waals surface area contributed by atoms with Gasteiger partial charge >= 0.3 is 0 Å². The van der Waals surface area contributed by atoms with Gasteiger partial charge in [-0.3, -0.25) is 0 Å². The van der Waals surface area contributed by atoms with Crippen LogP contribution in [0.1, 0.15) is 12.0 Å². The second-order valence-electron chi connectivity index (χ2n) is 4.58. The fourth-order valence-corrected chi connectivity index (χ4v) is 3.17. The molecule has 2 aromatic rings. The maximum Gasteiger partial charge on any atom is 0.240 e. The van der Waals surface area contributed by atoms with Crippen molar-refractivity contribution in [2.75, 3.05) is 6.54 Å². The fourth-order valence-electron chi connectivity index (χ4n) is 1.85. The van der Waals surface area contributed by atoms with Gasteiger partial charge in [-0.2, -0.15) is 0 Å². The van der Waals surface area contributed by atoms with Crippen LogP contribution in [-0.4, -0.2) is 15.0 Å². The third kappa shape index (κ3) is 5.00.